The van der Waals surface area contributed by atoms with Gasteiger partial charge in [0, 0.05) is 10.3 Å². The molecule has 5 heteroatoms. The molecule has 0 unspecified atom stereocenters. The predicted molar refractivity (Wildman–Crippen MR) is 132 cm³/mol. The third-order valence-electron chi connectivity index (χ3n) is 4.31. The zero-order chi connectivity index (χ0) is 18.8. The number of hydrogen-bond acceptors (Lipinski definition) is 5. The van der Waals surface area contributed by atoms with Crippen LogP contribution < -0.4 is 0 Å². The molecule has 3 aromatic rings. The van der Waals surface area contributed by atoms with E-state index >= 15 is 0 Å². The van der Waals surface area contributed by atoms with E-state index in [1.165, 1.54) is 29.9 Å². The molecular weight excluding hydrogens is 419 g/mol. The van der Waals surface area contributed by atoms with Crippen LogP contribution >= 0.6 is 47.0 Å². The Morgan fingerprint density at radius 1 is 0.714 bits per heavy atom. The molecule has 136 valence electrons. The van der Waals surface area contributed by atoms with Gasteiger partial charge in [-0.1, -0.05) is 102 Å². The second-order valence-corrected chi connectivity index (χ2v) is 10.4. The van der Waals surface area contributed by atoms with Crippen molar-refractivity contribution in [3.05, 3.63) is 102 Å². The lowest BCUT2D eigenvalue weighted by atomic mass is 10.1. The molecule has 2 aromatic carbocycles. The number of nitrogens with zero attached hydrogens (tertiary/aromatic N) is 1. The van der Waals surface area contributed by atoms with Gasteiger partial charge in [-0.3, -0.25) is 0 Å². The SMILES string of the molecule is C1=CSC(=C2SC=C(c3ccc(/C=C/c4ccc5ccccc5n4)cc3)S2)S1. The molecule has 0 N–H and O–H groups in total. The third kappa shape index (κ3) is 3.98. The van der Waals surface area contributed by atoms with Crippen LogP contribution in [0.1, 0.15) is 16.8 Å². The van der Waals surface area contributed by atoms with Gasteiger partial charge in [0.2, 0.25) is 0 Å². The van der Waals surface area contributed by atoms with Gasteiger partial charge in [0.25, 0.3) is 0 Å². The van der Waals surface area contributed by atoms with Gasteiger partial charge in [0.15, 0.2) is 0 Å². The van der Waals surface area contributed by atoms with Gasteiger partial charge >= 0.3 is 0 Å². The first-order valence-corrected chi connectivity index (χ1v) is 12.2. The second kappa shape index (κ2) is 8.29. The number of hydrogen-bond donors (Lipinski definition) is 0. The fraction of sp³-hybridized carbons (Fsp3) is 0. The van der Waals surface area contributed by atoms with Crippen LogP contribution in [0.15, 0.2) is 85.4 Å². The summed E-state index contributed by atoms with van der Waals surface area (Å²) in [6, 6.07) is 21.1. The number of rotatable bonds is 3. The molecule has 0 aliphatic carbocycles. The minimum absolute atomic E-state index is 0.977. The van der Waals surface area contributed by atoms with Gasteiger partial charge in [-0.2, -0.15) is 0 Å². The van der Waals surface area contributed by atoms with Crippen molar-refractivity contribution in [1.29, 1.82) is 0 Å². The summed E-state index contributed by atoms with van der Waals surface area (Å²) in [5, 5.41) is 7.73. The summed E-state index contributed by atoms with van der Waals surface area (Å²) < 4.78 is 2.78. The van der Waals surface area contributed by atoms with Crippen LogP contribution in [0, 0.1) is 0 Å². The van der Waals surface area contributed by atoms with Crippen molar-refractivity contribution in [2.75, 3.05) is 0 Å². The van der Waals surface area contributed by atoms with Gasteiger partial charge < -0.3 is 0 Å². The van der Waals surface area contributed by atoms with Crippen molar-refractivity contribution in [1.82, 2.24) is 4.98 Å². The molecule has 2 aliphatic rings. The number of benzene rings is 2. The van der Waals surface area contributed by atoms with Gasteiger partial charge in [-0.15, -0.1) is 0 Å². The smallest absolute Gasteiger partial charge is 0.0709 e. The maximum atomic E-state index is 4.70. The Hall–Kier alpha value is -1.79. The topological polar surface area (TPSA) is 12.9 Å². The number of thioether (sulfide) groups is 4. The van der Waals surface area contributed by atoms with Crippen LogP contribution in [0.3, 0.4) is 0 Å². The molecule has 0 radical (unpaired) electrons. The van der Waals surface area contributed by atoms with Crippen LogP contribution in [0.2, 0.25) is 0 Å². The Morgan fingerprint density at radius 2 is 1.54 bits per heavy atom. The van der Waals surface area contributed by atoms with Crippen LogP contribution in [0.25, 0.3) is 28.0 Å². The van der Waals surface area contributed by atoms with E-state index in [2.05, 4.69) is 76.9 Å². The van der Waals surface area contributed by atoms with Crippen molar-refractivity contribution in [3.63, 3.8) is 0 Å². The zero-order valence-corrected chi connectivity index (χ0v) is 18.0. The van der Waals surface area contributed by atoms with Crippen molar-refractivity contribution in [2.45, 2.75) is 0 Å². The minimum Gasteiger partial charge on any atom is -0.248 e. The molecule has 3 heterocycles. The first-order valence-electron chi connectivity index (χ1n) is 8.77. The summed E-state index contributed by atoms with van der Waals surface area (Å²) in [5.41, 5.74) is 4.46. The molecule has 0 bridgehead atoms. The Bertz CT molecular complexity index is 1150. The van der Waals surface area contributed by atoms with E-state index in [0.29, 0.717) is 0 Å². The highest BCUT2D eigenvalue weighted by Gasteiger charge is 2.19. The van der Waals surface area contributed by atoms with E-state index in [9.17, 15) is 0 Å². The highest BCUT2D eigenvalue weighted by Crippen LogP contribution is 2.55. The highest BCUT2D eigenvalue weighted by molar-refractivity contribution is 8.35. The molecular formula is C23H15NS4. The standard InChI is InChI=1S/C23H15NS4/c1-2-4-20-17(3-1)10-12-19(24-20)11-7-16-5-8-18(9-6-16)21-15-27-23(28-21)22-25-13-14-26-22/h1-15H/b11-7+. The summed E-state index contributed by atoms with van der Waals surface area (Å²) in [5.74, 6) is 0. The molecule has 2 aliphatic heterocycles. The Balaban J connectivity index is 1.30. The Kier molecular flexibility index (Phi) is 5.41. The van der Waals surface area contributed by atoms with E-state index in [0.717, 1.165) is 11.2 Å². The number of aromatic nitrogens is 1. The number of fused-ring (bicyclic) bond motifs is 1. The fourth-order valence-corrected chi connectivity index (χ4v) is 7.37. The fourth-order valence-electron chi connectivity index (χ4n) is 2.89. The van der Waals surface area contributed by atoms with Crippen LogP contribution in [-0.4, -0.2) is 4.98 Å². The van der Waals surface area contributed by atoms with Gasteiger partial charge in [0.1, 0.15) is 0 Å². The highest BCUT2D eigenvalue weighted by atomic mass is 32.2. The first-order chi connectivity index (χ1) is 13.8. The summed E-state index contributed by atoms with van der Waals surface area (Å²) in [6.07, 6.45) is 4.20. The molecule has 0 saturated heterocycles. The molecule has 0 atom stereocenters. The minimum atomic E-state index is 0.977. The van der Waals surface area contributed by atoms with E-state index in [1.807, 2.05) is 59.2 Å². The molecule has 1 nitrogen and oxygen atoms in total. The number of para-hydroxylation sites is 1. The van der Waals surface area contributed by atoms with E-state index in [4.69, 9.17) is 4.98 Å². The predicted octanol–water partition coefficient (Wildman–Crippen LogP) is 8.26. The first kappa shape index (κ1) is 18.3. The zero-order valence-electron chi connectivity index (χ0n) is 14.7. The van der Waals surface area contributed by atoms with Crippen LogP contribution in [0.4, 0.5) is 0 Å². The summed E-state index contributed by atoms with van der Waals surface area (Å²) >= 11 is 7.34. The number of pyridine rings is 1. The quantitative estimate of drug-likeness (QED) is 0.411. The van der Waals surface area contributed by atoms with Crippen molar-refractivity contribution in [2.24, 2.45) is 0 Å². The normalized spacial score (nSPS) is 16.5. The molecule has 0 fully saturated rings. The van der Waals surface area contributed by atoms with Crippen molar-refractivity contribution >= 4 is 75.0 Å². The molecule has 28 heavy (non-hydrogen) atoms. The Morgan fingerprint density at radius 3 is 2.39 bits per heavy atom. The molecule has 0 saturated carbocycles. The molecule has 0 amide bonds. The Labute approximate surface area is 181 Å². The summed E-state index contributed by atoms with van der Waals surface area (Å²) in [7, 11) is 0. The average Bonchev–Trinajstić information content (AvgIpc) is 3.44. The van der Waals surface area contributed by atoms with Crippen molar-refractivity contribution in [3.8, 4) is 0 Å². The third-order valence-corrected chi connectivity index (χ3v) is 9.38. The molecule has 1 aromatic heterocycles. The van der Waals surface area contributed by atoms with E-state index in [1.54, 1.807) is 0 Å². The summed E-state index contributed by atoms with van der Waals surface area (Å²) in [6.45, 7) is 0. The maximum absolute atomic E-state index is 4.70. The second-order valence-electron chi connectivity index (χ2n) is 6.17. The lowest BCUT2D eigenvalue weighted by molar-refractivity contribution is 1.37. The molecule has 5 rings (SSSR count). The van der Waals surface area contributed by atoms with E-state index < -0.39 is 0 Å². The van der Waals surface area contributed by atoms with Crippen molar-refractivity contribution < 1.29 is 0 Å². The monoisotopic (exact) mass is 433 g/mol. The van der Waals surface area contributed by atoms with Gasteiger partial charge in [-0.05, 0) is 45.6 Å². The van der Waals surface area contributed by atoms with Gasteiger partial charge in [0.05, 0.1) is 19.7 Å². The lowest BCUT2D eigenvalue weighted by Crippen LogP contribution is -1.83. The average molecular weight is 434 g/mol. The maximum Gasteiger partial charge on any atom is 0.0709 e. The molecule has 0 spiro atoms. The summed E-state index contributed by atoms with van der Waals surface area (Å²) in [4.78, 5) is 6.03. The lowest BCUT2D eigenvalue weighted by Gasteiger charge is -2.04. The van der Waals surface area contributed by atoms with Gasteiger partial charge in [-0.25, -0.2) is 4.98 Å². The largest absolute Gasteiger partial charge is 0.248 e. The van der Waals surface area contributed by atoms with Crippen LogP contribution in [0.5, 0.6) is 0 Å². The van der Waals surface area contributed by atoms with E-state index in [-0.39, 0.29) is 0 Å². The van der Waals surface area contributed by atoms with Crippen LogP contribution in [-0.2, 0) is 0 Å².